The molecular formula is C17H15BrF2N2O2. The topological polar surface area (TPSA) is 49.4 Å². The van der Waals surface area contributed by atoms with Gasteiger partial charge in [-0.1, -0.05) is 22.0 Å². The second-order valence-corrected chi connectivity index (χ2v) is 5.96. The van der Waals surface area contributed by atoms with E-state index in [1.807, 2.05) is 0 Å². The van der Waals surface area contributed by atoms with Gasteiger partial charge in [0.2, 0.25) is 11.8 Å². The minimum absolute atomic E-state index is 0.0938. The first-order chi connectivity index (χ1) is 11.4. The van der Waals surface area contributed by atoms with E-state index in [1.54, 1.807) is 24.3 Å². The Morgan fingerprint density at radius 2 is 1.67 bits per heavy atom. The molecule has 2 amide bonds. The Kier molecular flexibility index (Phi) is 6.03. The number of carbonyl (C=O) groups excluding carboxylic acids is 2. The highest BCUT2D eigenvalue weighted by molar-refractivity contribution is 9.10. The summed E-state index contributed by atoms with van der Waals surface area (Å²) < 4.78 is 27.9. The minimum atomic E-state index is -0.848. The first-order valence-corrected chi connectivity index (χ1v) is 7.95. The Hall–Kier alpha value is -2.28. The van der Waals surface area contributed by atoms with Crippen LogP contribution in [0, 0.1) is 11.6 Å². The monoisotopic (exact) mass is 396 g/mol. The van der Waals surface area contributed by atoms with Crippen LogP contribution in [0.1, 0.15) is 13.3 Å². The minimum Gasteiger partial charge on any atom is -0.321 e. The zero-order valence-electron chi connectivity index (χ0n) is 12.9. The normalized spacial score (nSPS) is 10.3. The van der Waals surface area contributed by atoms with E-state index in [0.717, 1.165) is 16.6 Å². The van der Waals surface area contributed by atoms with Crippen LogP contribution in [0.5, 0.6) is 0 Å². The molecule has 4 nitrogen and oxygen atoms in total. The molecule has 0 bridgehead atoms. The molecular weight excluding hydrogens is 382 g/mol. The fourth-order valence-corrected chi connectivity index (χ4v) is 2.39. The molecule has 0 unspecified atom stereocenters. The number of benzene rings is 2. The maximum atomic E-state index is 13.5. The molecule has 1 N–H and O–H groups in total. The van der Waals surface area contributed by atoms with E-state index >= 15 is 0 Å². The number of amides is 2. The van der Waals surface area contributed by atoms with Gasteiger partial charge in [0.15, 0.2) is 0 Å². The molecule has 0 radical (unpaired) electrons. The molecule has 126 valence electrons. The van der Waals surface area contributed by atoms with E-state index in [-0.39, 0.29) is 18.9 Å². The van der Waals surface area contributed by atoms with Crippen molar-refractivity contribution in [1.29, 1.82) is 0 Å². The van der Waals surface area contributed by atoms with Crippen LogP contribution in [-0.2, 0) is 9.59 Å². The van der Waals surface area contributed by atoms with Crippen molar-refractivity contribution in [2.45, 2.75) is 13.3 Å². The van der Waals surface area contributed by atoms with Gasteiger partial charge in [0.25, 0.3) is 0 Å². The fraction of sp³-hybridized carbons (Fsp3) is 0.176. The molecule has 2 rings (SSSR count). The van der Waals surface area contributed by atoms with E-state index in [9.17, 15) is 18.4 Å². The van der Waals surface area contributed by atoms with Gasteiger partial charge in [0, 0.05) is 30.0 Å². The van der Waals surface area contributed by atoms with Gasteiger partial charge in [-0.2, -0.15) is 0 Å². The number of para-hydroxylation sites is 1. The third-order valence-corrected chi connectivity index (χ3v) is 3.84. The summed E-state index contributed by atoms with van der Waals surface area (Å²) in [5.74, 6) is -2.51. The third-order valence-electron chi connectivity index (χ3n) is 3.31. The lowest BCUT2D eigenvalue weighted by atomic mass is 10.2. The maximum Gasteiger partial charge on any atom is 0.226 e. The fourth-order valence-electron chi connectivity index (χ4n) is 2.12. The predicted octanol–water partition coefficient (Wildman–Crippen LogP) is 4.11. The summed E-state index contributed by atoms with van der Waals surface area (Å²) >= 11 is 3.31. The number of hydrogen-bond acceptors (Lipinski definition) is 2. The van der Waals surface area contributed by atoms with Crippen LogP contribution < -0.4 is 10.2 Å². The summed E-state index contributed by atoms with van der Waals surface area (Å²) in [4.78, 5) is 25.1. The van der Waals surface area contributed by atoms with Gasteiger partial charge in [-0.15, -0.1) is 0 Å². The highest BCUT2D eigenvalue weighted by Crippen LogP contribution is 2.20. The SMILES string of the molecule is CC(=O)N(CCC(=O)Nc1c(F)cccc1F)c1ccc(Br)cc1. The first kappa shape index (κ1) is 18.1. The molecule has 0 spiro atoms. The van der Waals surface area contributed by atoms with Crippen molar-refractivity contribution >= 4 is 39.1 Å². The molecule has 2 aromatic rings. The zero-order valence-corrected chi connectivity index (χ0v) is 14.4. The lowest BCUT2D eigenvalue weighted by Gasteiger charge is -2.21. The van der Waals surface area contributed by atoms with Crippen LogP contribution in [0.3, 0.4) is 0 Å². The first-order valence-electron chi connectivity index (χ1n) is 7.16. The summed E-state index contributed by atoms with van der Waals surface area (Å²) in [5, 5.41) is 2.20. The third kappa shape index (κ3) is 4.61. The number of nitrogens with one attached hydrogen (secondary N) is 1. The van der Waals surface area contributed by atoms with Crippen molar-refractivity contribution in [1.82, 2.24) is 0 Å². The number of nitrogens with zero attached hydrogens (tertiary/aromatic N) is 1. The average molecular weight is 397 g/mol. The van der Waals surface area contributed by atoms with Crippen LogP contribution in [0.25, 0.3) is 0 Å². The molecule has 0 aliphatic heterocycles. The molecule has 0 saturated carbocycles. The van der Waals surface area contributed by atoms with Crippen molar-refractivity contribution in [2.24, 2.45) is 0 Å². The molecule has 7 heteroatoms. The second-order valence-electron chi connectivity index (χ2n) is 5.04. The van der Waals surface area contributed by atoms with E-state index in [1.165, 1.54) is 17.9 Å². The van der Waals surface area contributed by atoms with Crippen molar-refractivity contribution in [3.05, 3.63) is 58.6 Å². The van der Waals surface area contributed by atoms with E-state index < -0.39 is 23.2 Å². The van der Waals surface area contributed by atoms with Gasteiger partial charge in [0.1, 0.15) is 17.3 Å². The van der Waals surface area contributed by atoms with E-state index in [4.69, 9.17) is 0 Å². The summed E-state index contributed by atoms with van der Waals surface area (Å²) in [6, 6.07) is 10.4. The molecule has 0 fully saturated rings. The molecule has 0 aliphatic carbocycles. The van der Waals surface area contributed by atoms with E-state index in [2.05, 4.69) is 21.2 Å². The quantitative estimate of drug-likeness (QED) is 0.826. The van der Waals surface area contributed by atoms with Gasteiger partial charge >= 0.3 is 0 Å². The van der Waals surface area contributed by atoms with Crippen LogP contribution in [0.15, 0.2) is 46.9 Å². The highest BCUT2D eigenvalue weighted by Gasteiger charge is 2.16. The summed E-state index contributed by atoms with van der Waals surface area (Å²) in [5.41, 5.74) is 0.149. The number of carbonyl (C=O) groups is 2. The van der Waals surface area contributed by atoms with Gasteiger partial charge in [0.05, 0.1) is 0 Å². The average Bonchev–Trinajstić information content (AvgIpc) is 2.52. The van der Waals surface area contributed by atoms with Gasteiger partial charge in [-0.3, -0.25) is 9.59 Å². The lowest BCUT2D eigenvalue weighted by molar-refractivity contribution is -0.117. The molecule has 0 aromatic heterocycles. The van der Waals surface area contributed by atoms with Crippen LogP contribution in [0.2, 0.25) is 0 Å². The number of rotatable bonds is 5. The number of halogens is 3. The van der Waals surface area contributed by atoms with E-state index in [0.29, 0.717) is 5.69 Å². The van der Waals surface area contributed by atoms with Gasteiger partial charge in [-0.05, 0) is 36.4 Å². The highest BCUT2D eigenvalue weighted by atomic mass is 79.9. The van der Waals surface area contributed by atoms with Crippen molar-refractivity contribution in [2.75, 3.05) is 16.8 Å². The molecule has 0 aliphatic rings. The standard InChI is InChI=1S/C17H15BrF2N2O2/c1-11(23)22(13-7-5-12(18)6-8-13)10-9-16(24)21-17-14(19)3-2-4-15(17)20/h2-8H,9-10H2,1H3,(H,21,24). The van der Waals surface area contributed by atoms with Gasteiger partial charge in [-0.25, -0.2) is 8.78 Å². The van der Waals surface area contributed by atoms with Crippen molar-refractivity contribution in [3.63, 3.8) is 0 Å². The second kappa shape index (κ2) is 8.01. The summed E-state index contributed by atoms with van der Waals surface area (Å²) in [6.07, 6.45) is -0.0938. The Labute approximate surface area is 146 Å². The van der Waals surface area contributed by atoms with Crippen molar-refractivity contribution < 1.29 is 18.4 Å². The molecule has 0 saturated heterocycles. The smallest absolute Gasteiger partial charge is 0.226 e. The number of hydrogen-bond donors (Lipinski definition) is 1. The molecule has 2 aromatic carbocycles. The van der Waals surface area contributed by atoms with Crippen molar-refractivity contribution in [3.8, 4) is 0 Å². The summed E-state index contributed by atoms with van der Waals surface area (Å²) in [6.45, 7) is 1.48. The van der Waals surface area contributed by atoms with Crippen LogP contribution in [0.4, 0.5) is 20.2 Å². The Morgan fingerprint density at radius 1 is 1.08 bits per heavy atom. The molecule has 0 heterocycles. The van der Waals surface area contributed by atoms with Crippen LogP contribution in [-0.4, -0.2) is 18.4 Å². The van der Waals surface area contributed by atoms with Crippen LogP contribution >= 0.6 is 15.9 Å². The summed E-state index contributed by atoms with van der Waals surface area (Å²) in [7, 11) is 0. The Bertz CT molecular complexity index is 731. The largest absolute Gasteiger partial charge is 0.321 e. The van der Waals surface area contributed by atoms with Gasteiger partial charge < -0.3 is 10.2 Å². The number of anilines is 2. The molecule has 24 heavy (non-hydrogen) atoms. The lowest BCUT2D eigenvalue weighted by Crippen LogP contribution is -2.32. The maximum absolute atomic E-state index is 13.5. The molecule has 0 atom stereocenters. The zero-order chi connectivity index (χ0) is 17.7. The Morgan fingerprint density at radius 3 is 2.21 bits per heavy atom. The predicted molar refractivity (Wildman–Crippen MR) is 91.8 cm³/mol. The Balaban J connectivity index is 2.03.